The fourth-order valence-electron chi connectivity index (χ4n) is 2.14. The van der Waals surface area contributed by atoms with Crippen molar-refractivity contribution >= 4 is 17.4 Å². The standard InChI is InChI=1S/C15H18ClN3O/c1-4-5-12-14(17)18-8-19-15(12)20-13-9(2)6-11(16)7-10(13)3/h6-8H,4-5H2,1-3H3,(H2,17,18,19). The van der Waals surface area contributed by atoms with Gasteiger partial charge in [-0.25, -0.2) is 9.97 Å². The van der Waals surface area contributed by atoms with Crippen molar-refractivity contribution in [3.05, 3.63) is 40.2 Å². The number of rotatable bonds is 4. The van der Waals surface area contributed by atoms with Crippen LogP contribution >= 0.6 is 11.6 Å². The second-order valence-electron chi connectivity index (χ2n) is 4.76. The summed E-state index contributed by atoms with van der Waals surface area (Å²) in [5.74, 6) is 1.76. The molecule has 0 saturated heterocycles. The van der Waals surface area contributed by atoms with Crippen molar-refractivity contribution in [1.82, 2.24) is 9.97 Å². The van der Waals surface area contributed by atoms with Crippen LogP contribution in [0, 0.1) is 13.8 Å². The molecule has 2 N–H and O–H groups in total. The third kappa shape index (κ3) is 3.02. The van der Waals surface area contributed by atoms with Gasteiger partial charge in [-0.3, -0.25) is 0 Å². The zero-order valence-corrected chi connectivity index (χ0v) is 12.7. The number of benzene rings is 1. The Morgan fingerprint density at radius 3 is 2.45 bits per heavy atom. The van der Waals surface area contributed by atoms with Crippen LogP contribution < -0.4 is 10.5 Å². The summed E-state index contributed by atoms with van der Waals surface area (Å²) in [4.78, 5) is 8.24. The van der Waals surface area contributed by atoms with Crippen molar-refractivity contribution in [2.45, 2.75) is 33.6 Å². The Balaban J connectivity index is 2.43. The third-order valence-electron chi connectivity index (χ3n) is 3.06. The lowest BCUT2D eigenvalue weighted by atomic mass is 10.1. The van der Waals surface area contributed by atoms with Gasteiger partial charge in [0.1, 0.15) is 17.9 Å². The van der Waals surface area contributed by atoms with Gasteiger partial charge in [0, 0.05) is 5.02 Å². The molecule has 20 heavy (non-hydrogen) atoms. The lowest BCUT2D eigenvalue weighted by Gasteiger charge is -2.14. The molecule has 106 valence electrons. The van der Waals surface area contributed by atoms with Gasteiger partial charge in [-0.15, -0.1) is 0 Å². The van der Waals surface area contributed by atoms with E-state index in [1.54, 1.807) is 0 Å². The Morgan fingerprint density at radius 1 is 1.20 bits per heavy atom. The number of hydrogen-bond acceptors (Lipinski definition) is 4. The zero-order valence-electron chi connectivity index (χ0n) is 11.9. The maximum atomic E-state index is 6.03. The molecule has 2 rings (SSSR count). The van der Waals surface area contributed by atoms with Gasteiger partial charge in [-0.1, -0.05) is 24.9 Å². The van der Waals surface area contributed by atoms with E-state index < -0.39 is 0 Å². The largest absolute Gasteiger partial charge is 0.438 e. The van der Waals surface area contributed by atoms with Crippen LogP contribution in [-0.4, -0.2) is 9.97 Å². The summed E-state index contributed by atoms with van der Waals surface area (Å²) in [6.07, 6.45) is 3.16. The van der Waals surface area contributed by atoms with Crippen LogP contribution in [0.25, 0.3) is 0 Å². The van der Waals surface area contributed by atoms with Gasteiger partial charge in [0.2, 0.25) is 5.88 Å². The van der Waals surface area contributed by atoms with Crippen LogP contribution in [0.3, 0.4) is 0 Å². The van der Waals surface area contributed by atoms with E-state index in [-0.39, 0.29) is 0 Å². The molecule has 0 aliphatic carbocycles. The highest BCUT2D eigenvalue weighted by atomic mass is 35.5. The van der Waals surface area contributed by atoms with Gasteiger partial charge in [0.05, 0.1) is 5.56 Å². The molecule has 2 aromatic rings. The summed E-state index contributed by atoms with van der Waals surface area (Å²) in [7, 11) is 0. The topological polar surface area (TPSA) is 61.0 Å². The number of hydrogen-bond donors (Lipinski definition) is 1. The maximum Gasteiger partial charge on any atom is 0.227 e. The Hall–Kier alpha value is -1.81. The predicted octanol–water partition coefficient (Wildman–Crippen LogP) is 4.07. The van der Waals surface area contributed by atoms with Crippen LogP contribution in [0.5, 0.6) is 11.6 Å². The molecule has 0 spiro atoms. The number of nitrogens with zero attached hydrogens (tertiary/aromatic N) is 2. The summed E-state index contributed by atoms with van der Waals surface area (Å²) in [6.45, 7) is 5.99. The van der Waals surface area contributed by atoms with Crippen molar-refractivity contribution in [2.75, 3.05) is 5.73 Å². The highest BCUT2D eigenvalue weighted by Gasteiger charge is 2.13. The minimum absolute atomic E-state index is 0.473. The van der Waals surface area contributed by atoms with Gasteiger partial charge >= 0.3 is 0 Å². The van der Waals surface area contributed by atoms with Crippen molar-refractivity contribution in [2.24, 2.45) is 0 Å². The van der Waals surface area contributed by atoms with Crippen LogP contribution in [0.1, 0.15) is 30.0 Å². The van der Waals surface area contributed by atoms with Gasteiger partial charge in [0.25, 0.3) is 0 Å². The molecule has 5 heteroatoms. The molecule has 4 nitrogen and oxygen atoms in total. The number of ether oxygens (including phenoxy) is 1. The van der Waals surface area contributed by atoms with E-state index in [0.717, 1.165) is 35.3 Å². The summed E-state index contributed by atoms with van der Waals surface area (Å²) in [5.41, 5.74) is 8.69. The van der Waals surface area contributed by atoms with E-state index in [2.05, 4.69) is 16.9 Å². The van der Waals surface area contributed by atoms with E-state index in [1.807, 2.05) is 26.0 Å². The molecule has 1 heterocycles. The van der Waals surface area contributed by atoms with Crippen molar-refractivity contribution < 1.29 is 4.74 Å². The molecule has 0 amide bonds. The second kappa shape index (κ2) is 6.09. The molecule has 0 aliphatic rings. The summed E-state index contributed by atoms with van der Waals surface area (Å²) >= 11 is 6.03. The van der Waals surface area contributed by atoms with Crippen molar-refractivity contribution in [1.29, 1.82) is 0 Å². The molecule has 0 fully saturated rings. The highest BCUT2D eigenvalue weighted by molar-refractivity contribution is 6.30. The first-order valence-corrected chi connectivity index (χ1v) is 6.94. The molecular formula is C15H18ClN3O. The average molecular weight is 292 g/mol. The first-order chi connectivity index (χ1) is 9.52. The highest BCUT2D eigenvalue weighted by Crippen LogP contribution is 2.33. The fourth-order valence-corrected chi connectivity index (χ4v) is 2.46. The van der Waals surface area contributed by atoms with Gasteiger partial charge in [-0.05, 0) is 43.5 Å². The normalized spacial score (nSPS) is 10.6. The number of nitrogen functional groups attached to an aromatic ring is 1. The smallest absolute Gasteiger partial charge is 0.227 e. The number of halogens is 1. The van der Waals surface area contributed by atoms with Crippen molar-refractivity contribution in [3.8, 4) is 11.6 Å². The fraction of sp³-hybridized carbons (Fsp3) is 0.333. The summed E-state index contributed by atoms with van der Waals surface area (Å²) < 4.78 is 5.97. The lowest BCUT2D eigenvalue weighted by molar-refractivity contribution is 0.448. The van der Waals surface area contributed by atoms with Gasteiger partial charge in [-0.2, -0.15) is 0 Å². The van der Waals surface area contributed by atoms with E-state index >= 15 is 0 Å². The first kappa shape index (κ1) is 14.6. The van der Waals surface area contributed by atoms with E-state index in [1.165, 1.54) is 6.33 Å². The average Bonchev–Trinajstić information content (AvgIpc) is 2.37. The Labute approximate surface area is 124 Å². The van der Waals surface area contributed by atoms with Crippen LogP contribution in [0.15, 0.2) is 18.5 Å². The minimum atomic E-state index is 0.473. The molecular weight excluding hydrogens is 274 g/mol. The van der Waals surface area contributed by atoms with Crippen LogP contribution in [-0.2, 0) is 6.42 Å². The zero-order chi connectivity index (χ0) is 14.7. The molecule has 0 saturated carbocycles. The van der Waals surface area contributed by atoms with Gasteiger partial charge in [0.15, 0.2) is 0 Å². The van der Waals surface area contributed by atoms with Gasteiger partial charge < -0.3 is 10.5 Å². The molecule has 1 aromatic carbocycles. The van der Waals surface area contributed by atoms with E-state index in [9.17, 15) is 0 Å². The molecule has 0 atom stereocenters. The maximum absolute atomic E-state index is 6.03. The van der Waals surface area contributed by atoms with Crippen molar-refractivity contribution in [3.63, 3.8) is 0 Å². The predicted molar refractivity (Wildman–Crippen MR) is 81.4 cm³/mol. The Morgan fingerprint density at radius 2 is 1.85 bits per heavy atom. The third-order valence-corrected chi connectivity index (χ3v) is 3.28. The monoisotopic (exact) mass is 291 g/mol. The lowest BCUT2D eigenvalue weighted by Crippen LogP contribution is -2.03. The summed E-state index contributed by atoms with van der Waals surface area (Å²) in [5, 5.41) is 0.698. The molecule has 0 aliphatic heterocycles. The number of nitrogens with two attached hydrogens (primary N) is 1. The van der Waals surface area contributed by atoms with E-state index in [4.69, 9.17) is 22.1 Å². The summed E-state index contributed by atoms with van der Waals surface area (Å²) in [6, 6.07) is 3.74. The van der Waals surface area contributed by atoms with Crippen LogP contribution in [0.4, 0.5) is 5.82 Å². The molecule has 1 aromatic heterocycles. The second-order valence-corrected chi connectivity index (χ2v) is 5.20. The number of aryl methyl sites for hydroxylation is 2. The molecule has 0 radical (unpaired) electrons. The van der Waals surface area contributed by atoms with Crippen LogP contribution in [0.2, 0.25) is 5.02 Å². The first-order valence-electron chi connectivity index (χ1n) is 6.56. The number of anilines is 1. The number of aromatic nitrogens is 2. The minimum Gasteiger partial charge on any atom is -0.438 e. The molecule has 0 bridgehead atoms. The molecule has 0 unspecified atom stereocenters. The Kier molecular flexibility index (Phi) is 4.45. The Bertz CT molecular complexity index is 606. The quantitative estimate of drug-likeness (QED) is 0.922. The van der Waals surface area contributed by atoms with E-state index in [0.29, 0.717) is 16.7 Å². The SMILES string of the molecule is CCCc1c(N)ncnc1Oc1c(C)cc(Cl)cc1C.